The zero-order valence-electron chi connectivity index (χ0n) is 19.3. The molecule has 2 aliphatic carbocycles. The number of nitrogens with one attached hydrogen (secondary N) is 3. The van der Waals surface area contributed by atoms with Crippen LogP contribution in [0, 0.1) is 16.7 Å². The number of benzene rings is 1. The molecule has 10 heteroatoms. The van der Waals surface area contributed by atoms with Gasteiger partial charge >= 0.3 is 6.09 Å². The summed E-state index contributed by atoms with van der Waals surface area (Å²) in [5.74, 6) is -0.414. The van der Waals surface area contributed by atoms with Gasteiger partial charge in [0.15, 0.2) is 14.3 Å². The molecule has 181 valence electrons. The van der Waals surface area contributed by atoms with Gasteiger partial charge in [0.2, 0.25) is 5.91 Å². The van der Waals surface area contributed by atoms with Gasteiger partial charge in [-0.2, -0.15) is 5.26 Å². The van der Waals surface area contributed by atoms with Gasteiger partial charge in [-0.05, 0) is 73.7 Å². The lowest BCUT2D eigenvalue weighted by molar-refractivity contribution is -0.124. The van der Waals surface area contributed by atoms with Gasteiger partial charge < -0.3 is 20.7 Å². The molecule has 0 bridgehead atoms. The normalized spacial score (nSPS) is 21.9. The topological polar surface area (TPSA) is 120 Å². The average molecular weight is 502 g/mol. The van der Waals surface area contributed by atoms with Crippen molar-refractivity contribution in [2.45, 2.75) is 75.2 Å². The van der Waals surface area contributed by atoms with Crippen LogP contribution < -0.4 is 16.0 Å². The van der Waals surface area contributed by atoms with Crippen molar-refractivity contribution in [1.82, 2.24) is 16.0 Å². The van der Waals surface area contributed by atoms with Crippen molar-refractivity contribution < 1.29 is 19.1 Å². The van der Waals surface area contributed by atoms with Crippen molar-refractivity contribution >= 4 is 37.9 Å². The predicted molar refractivity (Wildman–Crippen MR) is 129 cm³/mol. The second-order valence-corrected chi connectivity index (χ2v) is 13.0. The zero-order valence-corrected chi connectivity index (χ0v) is 21.0. The molecule has 1 aromatic rings. The molecule has 0 aromatic heterocycles. The van der Waals surface area contributed by atoms with Crippen LogP contribution in [0.15, 0.2) is 24.3 Å². The third-order valence-corrected chi connectivity index (χ3v) is 9.85. The maximum Gasteiger partial charge on any atom is 0.408 e. The highest BCUT2D eigenvalue weighted by atomic mass is 35.5. The van der Waals surface area contributed by atoms with Gasteiger partial charge in [0.05, 0.1) is 6.07 Å². The van der Waals surface area contributed by atoms with Gasteiger partial charge in [0, 0.05) is 11.6 Å². The summed E-state index contributed by atoms with van der Waals surface area (Å²) in [5.41, 5.74) is 0.124. The Kier molecular flexibility index (Phi) is 7.19. The van der Waals surface area contributed by atoms with Crippen LogP contribution in [-0.4, -0.2) is 45.0 Å². The van der Waals surface area contributed by atoms with E-state index in [-0.39, 0.29) is 10.9 Å². The first-order chi connectivity index (χ1) is 16.2. The molecule has 8 nitrogen and oxygen atoms in total. The maximum absolute atomic E-state index is 13.1. The van der Waals surface area contributed by atoms with Gasteiger partial charge in [0.1, 0.15) is 17.7 Å². The quantitative estimate of drug-likeness (QED) is 0.444. The number of hydrogen-bond acceptors (Lipinski definition) is 5. The lowest BCUT2D eigenvalue weighted by Gasteiger charge is -2.26. The van der Waals surface area contributed by atoms with Crippen molar-refractivity contribution in [2.75, 3.05) is 6.54 Å². The molecule has 1 heterocycles. The maximum atomic E-state index is 13.1. The van der Waals surface area contributed by atoms with E-state index in [2.05, 4.69) is 28.9 Å². The largest absolute Gasteiger partial charge is 0.438 e. The van der Waals surface area contributed by atoms with E-state index in [1.54, 1.807) is 12.1 Å². The molecule has 0 spiro atoms. The van der Waals surface area contributed by atoms with Gasteiger partial charge in [-0.1, -0.05) is 30.7 Å². The molecule has 1 aromatic carbocycles. The van der Waals surface area contributed by atoms with E-state index in [1.165, 1.54) is 0 Å². The molecule has 1 radical (unpaired) electrons. The Bertz CT molecular complexity index is 1000. The summed E-state index contributed by atoms with van der Waals surface area (Å²) >= 11 is 6.10. The van der Waals surface area contributed by atoms with Crippen LogP contribution in [0.2, 0.25) is 17.1 Å². The van der Waals surface area contributed by atoms with Gasteiger partial charge in [-0.3, -0.25) is 9.59 Å². The standard InChI is InChI=1S/C24H30ClN4O4Si/c1-23(6-7-23)13-19(20(30)28-18(14-26)15-34-11-3-10-27-22(34)32)29-21(31)33-24(8-9-24)16-4-2-5-17(25)12-16/h2,4-5,12,18-19H,3,6-11,13,15H2,1H3,(H,27,32)(H,28,30)(H,29,31)/t18-,19?/m1/s1. The van der Waals surface area contributed by atoms with Crippen molar-refractivity contribution in [3.8, 4) is 6.07 Å². The van der Waals surface area contributed by atoms with Gasteiger partial charge in [-0.15, -0.1) is 0 Å². The van der Waals surface area contributed by atoms with Crippen LogP contribution in [0.4, 0.5) is 9.59 Å². The Balaban J connectivity index is 1.39. The Morgan fingerprint density at radius 3 is 2.68 bits per heavy atom. The van der Waals surface area contributed by atoms with Gasteiger partial charge in [-0.25, -0.2) is 4.79 Å². The van der Waals surface area contributed by atoms with Crippen LogP contribution in [0.3, 0.4) is 0 Å². The van der Waals surface area contributed by atoms with Crippen molar-refractivity contribution in [2.24, 2.45) is 5.41 Å². The summed E-state index contributed by atoms with van der Waals surface area (Å²) < 4.78 is 5.77. The first kappa shape index (κ1) is 24.5. The molecule has 3 amide bonds. The number of hydrogen-bond donors (Lipinski definition) is 3. The number of rotatable bonds is 9. The van der Waals surface area contributed by atoms with E-state index in [0.717, 1.165) is 30.9 Å². The van der Waals surface area contributed by atoms with Crippen LogP contribution in [0.5, 0.6) is 0 Å². The summed E-state index contributed by atoms with van der Waals surface area (Å²) in [6, 6.07) is 8.94. The lowest BCUT2D eigenvalue weighted by Crippen LogP contribution is -2.52. The summed E-state index contributed by atoms with van der Waals surface area (Å²) in [7, 11) is -1.41. The SMILES string of the molecule is CC1(CC(NC(=O)OC2(c3cccc(Cl)c3)CC2)C(=O)N[C@H](C#N)C[Si]2CCCNC2=O)CC1. The van der Waals surface area contributed by atoms with Crippen LogP contribution in [-0.2, 0) is 15.1 Å². The predicted octanol–water partition coefficient (Wildman–Crippen LogP) is 3.81. The van der Waals surface area contributed by atoms with Crippen molar-refractivity contribution in [1.29, 1.82) is 5.26 Å². The molecule has 3 aliphatic rings. The van der Waals surface area contributed by atoms with Crippen molar-refractivity contribution in [3.05, 3.63) is 34.9 Å². The number of ether oxygens (including phenoxy) is 1. The van der Waals surface area contributed by atoms with Gasteiger partial charge in [0.25, 0.3) is 0 Å². The summed E-state index contributed by atoms with van der Waals surface area (Å²) in [6.45, 7) is 2.74. The summed E-state index contributed by atoms with van der Waals surface area (Å²) in [6.07, 6.45) is 4.05. The Labute approximate surface area is 206 Å². The number of nitriles is 1. The summed E-state index contributed by atoms with van der Waals surface area (Å²) in [4.78, 5) is 38.1. The number of alkyl carbamates (subject to hydrolysis) is 1. The van der Waals surface area contributed by atoms with Crippen LogP contribution in [0.25, 0.3) is 0 Å². The second kappa shape index (κ2) is 9.96. The third kappa shape index (κ3) is 6.10. The molecule has 3 fully saturated rings. The minimum Gasteiger partial charge on any atom is -0.438 e. The van der Waals surface area contributed by atoms with E-state index >= 15 is 0 Å². The highest BCUT2D eigenvalue weighted by molar-refractivity contribution is 6.90. The average Bonchev–Trinajstić information content (AvgIpc) is 3.73. The molecule has 4 rings (SSSR count). The lowest BCUT2D eigenvalue weighted by atomic mass is 9.98. The highest BCUT2D eigenvalue weighted by Crippen LogP contribution is 2.50. The first-order valence-corrected chi connectivity index (χ1v) is 14.1. The smallest absolute Gasteiger partial charge is 0.408 e. The van der Waals surface area contributed by atoms with E-state index in [1.807, 2.05) is 12.1 Å². The molecular weight excluding hydrogens is 472 g/mol. The molecule has 3 N–H and O–H groups in total. The number of nitrogens with zero attached hydrogens (tertiary/aromatic N) is 1. The van der Waals surface area contributed by atoms with E-state index in [0.29, 0.717) is 36.9 Å². The molecule has 1 unspecified atom stereocenters. The number of carbonyl (C=O) groups excluding carboxylic acids is 3. The van der Waals surface area contributed by atoms with Crippen LogP contribution in [0.1, 0.15) is 51.0 Å². The van der Waals surface area contributed by atoms with E-state index in [9.17, 15) is 19.6 Å². The van der Waals surface area contributed by atoms with E-state index in [4.69, 9.17) is 16.3 Å². The fourth-order valence-corrected chi connectivity index (χ4v) is 6.86. The fraction of sp³-hybridized carbons (Fsp3) is 0.583. The zero-order chi connectivity index (χ0) is 24.3. The first-order valence-electron chi connectivity index (χ1n) is 11.8. The molecule has 34 heavy (non-hydrogen) atoms. The number of carbonyl (C=O) groups is 3. The Hall–Kier alpha value is -2.57. The summed E-state index contributed by atoms with van der Waals surface area (Å²) in [5, 5.41) is 18.5. The minimum atomic E-state index is -1.41. The van der Waals surface area contributed by atoms with Crippen LogP contribution >= 0.6 is 11.6 Å². The molecular formula is C24H30ClN4O4Si. The monoisotopic (exact) mass is 501 g/mol. The van der Waals surface area contributed by atoms with Crippen molar-refractivity contribution in [3.63, 3.8) is 0 Å². The number of halogens is 1. The molecule has 2 atom stereocenters. The second-order valence-electron chi connectivity index (χ2n) is 9.96. The minimum absolute atomic E-state index is 0.0165. The molecule has 1 saturated heterocycles. The molecule has 2 saturated carbocycles. The third-order valence-electron chi connectivity index (χ3n) is 6.94. The van der Waals surface area contributed by atoms with E-state index < -0.39 is 38.5 Å². The Morgan fingerprint density at radius 2 is 2.06 bits per heavy atom. The number of amides is 3. The fourth-order valence-electron chi connectivity index (χ4n) is 4.39. The molecule has 1 aliphatic heterocycles. The Morgan fingerprint density at radius 1 is 1.29 bits per heavy atom. The highest BCUT2D eigenvalue weighted by Gasteiger charge is 2.49.